The van der Waals surface area contributed by atoms with E-state index >= 15 is 0 Å². The highest BCUT2D eigenvalue weighted by atomic mass is 32.2. The minimum absolute atomic E-state index is 0.0679. The number of carbonyl (C=O) groups is 1. The zero-order valence-electron chi connectivity index (χ0n) is 12.9. The monoisotopic (exact) mass is 366 g/mol. The maximum Gasteiger partial charge on any atom is 0.252 e. The molecule has 2 aromatic rings. The number of benzene rings is 1. The second-order valence-electron chi connectivity index (χ2n) is 5.67. The number of hydrogen-bond acceptors (Lipinski definition) is 5. The van der Waals surface area contributed by atoms with Crippen LogP contribution in [-0.2, 0) is 14.8 Å². The third-order valence-corrected chi connectivity index (χ3v) is 7.20. The summed E-state index contributed by atoms with van der Waals surface area (Å²) in [6, 6.07) is 9.58. The maximum atomic E-state index is 12.6. The van der Waals surface area contributed by atoms with Crippen molar-refractivity contribution >= 4 is 33.0 Å². The van der Waals surface area contributed by atoms with Crippen molar-refractivity contribution in [2.24, 2.45) is 5.92 Å². The van der Waals surface area contributed by atoms with Gasteiger partial charge in [-0.25, -0.2) is 8.42 Å². The van der Waals surface area contributed by atoms with Crippen molar-refractivity contribution < 1.29 is 18.3 Å². The molecule has 2 N–H and O–H groups in total. The zero-order valence-corrected chi connectivity index (χ0v) is 14.5. The lowest BCUT2D eigenvalue weighted by molar-refractivity contribution is -0.120. The number of phenolic OH excluding ortho intramolecular Hbond substituents is 1. The van der Waals surface area contributed by atoms with Gasteiger partial charge in [0.15, 0.2) is 0 Å². The number of nitrogens with zero attached hydrogens (tertiary/aromatic N) is 1. The Hall–Kier alpha value is -1.90. The Morgan fingerprint density at radius 3 is 2.83 bits per heavy atom. The number of aromatic hydroxyl groups is 1. The standard InChI is InChI=1S/C16H18N2O4S2/c19-14-6-1-5-13(10-14)17-16(20)12-4-2-8-18(11-12)24(21,22)15-7-3-9-23-15/h1,3,5-7,9-10,12,19H,2,4,8,11H2,(H,17,20)/t12-/m0/s1. The van der Waals surface area contributed by atoms with Crippen molar-refractivity contribution in [3.8, 4) is 5.75 Å². The number of thiophene rings is 1. The molecule has 1 fully saturated rings. The van der Waals surface area contributed by atoms with Crippen LogP contribution in [0.4, 0.5) is 5.69 Å². The highest BCUT2D eigenvalue weighted by Crippen LogP contribution is 2.27. The van der Waals surface area contributed by atoms with Gasteiger partial charge in [-0.2, -0.15) is 4.31 Å². The summed E-state index contributed by atoms with van der Waals surface area (Å²) in [5, 5.41) is 13.9. The largest absolute Gasteiger partial charge is 0.508 e. The van der Waals surface area contributed by atoms with Crippen LogP contribution in [0.1, 0.15) is 12.8 Å². The summed E-state index contributed by atoms with van der Waals surface area (Å²) in [6.45, 7) is 0.598. The predicted molar refractivity (Wildman–Crippen MR) is 92.5 cm³/mol. The van der Waals surface area contributed by atoms with Gasteiger partial charge in [0, 0.05) is 24.8 Å². The highest BCUT2D eigenvalue weighted by Gasteiger charge is 2.33. The van der Waals surface area contributed by atoms with Crippen molar-refractivity contribution in [2.45, 2.75) is 17.1 Å². The summed E-state index contributed by atoms with van der Waals surface area (Å²) in [4.78, 5) is 12.4. The van der Waals surface area contributed by atoms with E-state index in [1.165, 1.54) is 27.8 Å². The molecule has 0 saturated carbocycles. The molecule has 1 atom stereocenters. The summed E-state index contributed by atoms with van der Waals surface area (Å²) in [7, 11) is -3.53. The van der Waals surface area contributed by atoms with E-state index in [0.717, 1.165) is 0 Å². The minimum Gasteiger partial charge on any atom is -0.508 e. The van der Waals surface area contributed by atoms with Crippen LogP contribution in [0.15, 0.2) is 46.0 Å². The Labute approximate surface area is 144 Å². The minimum atomic E-state index is -3.53. The molecular weight excluding hydrogens is 348 g/mol. The molecule has 0 bridgehead atoms. The van der Waals surface area contributed by atoms with Crippen LogP contribution < -0.4 is 5.32 Å². The molecular formula is C16H18N2O4S2. The summed E-state index contributed by atoms with van der Waals surface area (Å²) in [6.07, 6.45) is 1.28. The Morgan fingerprint density at radius 1 is 1.29 bits per heavy atom. The summed E-state index contributed by atoms with van der Waals surface area (Å²) in [5.74, 6) is -0.569. The molecule has 1 amide bonds. The summed E-state index contributed by atoms with van der Waals surface area (Å²) >= 11 is 1.18. The normalized spacial score (nSPS) is 19.1. The second kappa shape index (κ2) is 6.92. The molecule has 0 aliphatic carbocycles. The van der Waals surface area contributed by atoms with Gasteiger partial charge >= 0.3 is 0 Å². The lowest BCUT2D eigenvalue weighted by Gasteiger charge is -2.30. The molecule has 24 heavy (non-hydrogen) atoms. The van der Waals surface area contributed by atoms with Crippen molar-refractivity contribution in [1.82, 2.24) is 4.31 Å². The fourth-order valence-electron chi connectivity index (χ4n) is 2.74. The van der Waals surface area contributed by atoms with Crippen molar-refractivity contribution in [3.05, 3.63) is 41.8 Å². The fraction of sp³-hybridized carbons (Fsp3) is 0.312. The number of sulfonamides is 1. The Bertz CT molecular complexity index is 818. The van der Waals surface area contributed by atoms with Gasteiger partial charge in [-0.05, 0) is 36.4 Å². The number of rotatable bonds is 4. The lowest BCUT2D eigenvalue weighted by atomic mass is 9.98. The molecule has 6 nitrogen and oxygen atoms in total. The number of phenols is 1. The van der Waals surface area contributed by atoms with Crippen LogP contribution >= 0.6 is 11.3 Å². The average Bonchev–Trinajstić information content (AvgIpc) is 3.10. The number of anilines is 1. The quantitative estimate of drug-likeness (QED) is 0.870. The number of carbonyl (C=O) groups excluding carboxylic acids is 1. The van der Waals surface area contributed by atoms with E-state index in [1.54, 1.807) is 29.6 Å². The first kappa shape index (κ1) is 16.9. The molecule has 3 rings (SSSR count). The van der Waals surface area contributed by atoms with Gasteiger partial charge in [-0.15, -0.1) is 11.3 Å². The number of hydrogen-bond donors (Lipinski definition) is 2. The summed E-state index contributed by atoms with van der Waals surface area (Å²) in [5.41, 5.74) is 0.498. The molecule has 1 saturated heterocycles. The van der Waals surface area contributed by atoms with Gasteiger partial charge < -0.3 is 10.4 Å². The lowest BCUT2D eigenvalue weighted by Crippen LogP contribution is -2.43. The van der Waals surface area contributed by atoms with Crippen molar-refractivity contribution in [2.75, 3.05) is 18.4 Å². The SMILES string of the molecule is O=C(Nc1cccc(O)c1)[C@H]1CCCN(S(=O)(=O)c2cccs2)C1. The molecule has 0 unspecified atom stereocenters. The van der Waals surface area contributed by atoms with Gasteiger partial charge in [-0.3, -0.25) is 4.79 Å². The summed E-state index contributed by atoms with van der Waals surface area (Å²) < 4.78 is 26.9. The topological polar surface area (TPSA) is 86.7 Å². The van der Waals surface area contributed by atoms with E-state index in [9.17, 15) is 18.3 Å². The van der Waals surface area contributed by atoms with Crippen molar-refractivity contribution in [1.29, 1.82) is 0 Å². The Balaban J connectivity index is 1.70. The van der Waals surface area contributed by atoms with Crippen LogP contribution in [-0.4, -0.2) is 36.8 Å². The fourth-order valence-corrected chi connectivity index (χ4v) is 5.41. The number of amides is 1. The van der Waals surface area contributed by atoms with Gasteiger partial charge in [0.05, 0.1) is 5.92 Å². The second-order valence-corrected chi connectivity index (χ2v) is 8.79. The molecule has 1 aromatic carbocycles. The predicted octanol–water partition coefficient (Wildman–Crippen LogP) is 2.49. The Morgan fingerprint density at radius 2 is 2.12 bits per heavy atom. The van der Waals surface area contributed by atoms with Gasteiger partial charge in [-0.1, -0.05) is 12.1 Å². The smallest absolute Gasteiger partial charge is 0.252 e. The molecule has 1 aliphatic rings. The van der Waals surface area contributed by atoms with E-state index in [4.69, 9.17) is 0 Å². The Kier molecular flexibility index (Phi) is 4.88. The van der Waals surface area contributed by atoms with Crippen LogP contribution in [0.25, 0.3) is 0 Å². The zero-order chi connectivity index (χ0) is 17.2. The maximum absolute atomic E-state index is 12.6. The molecule has 1 aromatic heterocycles. The first-order valence-electron chi connectivity index (χ1n) is 7.60. The van der Waals surface area contributed by atoms with Crippen LogP contribution in [0.3, 0.4) is 0 Å². The molecule has 2 heterocycles. The van der Waals surface area contributed by atoms with Gasteiger partial charge in [0.25, 0.3) is 10.0 Å². The third kappa shape index (κ3) is 3.61. The van der Waals surface area contributed by atoms with E-state index in [2.05, 4.69) is 5.32 Å². The average molecular weight is 366 g/mol. The molecule has 8 heteroatoms. The van der Waals surface area contributed by atoms with E-state index < -0.39 is 15.9 Å². The first-order chi connectivity index (χ1) is 11.5. The molecule has 0 spiro atoms. The molecule has 1 aliphatic heterocycles. The van der Waals surface area contributed by atoms with E-state index in [1.807, 2.05) is 0 Å². The van der Waals surface area contributed by atoms with Crippen molar-refractivity contribution in [3.63, 3.8) is 0 Å². The van der Waals surface area contributed by atoms with E-state index in [0.29, 0.717) is 29.3 Å². The first-order valence-corrected chi connectivity index (χ1v) is 9.92. The van der Waals surface area contributed by atoms with Gasteiger partial charge in [0.1, 0.15) is 9.96 Å². The third-order valence-electron chi connectivity index (χ3n) is 3.96. The van der Waals surface area contributed by atoms with Crippen LogP contribution in [0, 0.1) is 5.92 Å². The van der Waals surface area contributed by atoms with Crippen LogP contribution in [0.2, 0.25) is 0 Å². The van der Waals surface area contributed by atoms with E-state index in [-0.39, 0.29) is 18.2 Å². The molecule has 0 radical (unpaired) electrons. The number of nitrogens with one attached hydrogen (secondary N) is 1. The van der Waals surface area contributed by atoms with Crippen LogP contribution in [0.5, 0.6) is 5.75 Å². The van der Waals surface area contributed by atoms with Gasteiger partial charge in [0.2, 0.25) is 5.91 Å². The number of piperidine rings is 1. The molecule has 128 valence electrons. The highest BCUT2D eigenvalue weighted by molar-refractivity contribution is 7.91.